The van der Waals surface area contributed by atoms with Crippen LogP contribution < -0.4 is 9.64 Å². The van der Waals surface area contributed by atoms with Gasteiger partial charge < -0.3 is 23.8 Å². The summed E-state index contributed by atoms with van der Waals surface area (Å²) in [6.07, 6.45) is 1.76. The van der Waals surface area contributed by atoms with E-state index in [1.807, 2.05) is 81.2 Å². The van der Waals surface area contributed by atoms with Crippen molar-refractivity contribution in [1.82, 2.24) is 19.1 Å². The second-order valence-corrected chi connectivity index (χ2v) is 11.1. The van der Waals surface area contributed by atoms with Crippen LogP contribution >= 0.6 is 0 Å². The zero-order chi connectivity index (χ0) is 33.6. The summed E-state index contributed by atoms with van der Waals surface area (Å²) in [5.74, 6) is 2.27. The van der Waals surface area contributed by atoms with Gasteiger partial charge >= 0.3 is 0 Å². The quantitative estimate of drug-likeness (QED) is 0.167. The van der Waals surface area contributed by atoms with Gasteiger partial charge in [-0.2, -0.15) is 12.1 Å². The van der Waals surface area contributed by atoms with Crippen molar-refractivity contribution in [3.05, 3.63) is 145 Å². The molecule has 3 aromatic heterocycles. The molecule has 8 aromatic rings. The van der Waals surface area contributed by atoms with E-state index >= 15 is 0 Å². The first-order valence-corrected chi connectivity index (χ1v) is 14.6. The zero-order valence-electron chi connectivity index (χ0n) is 28.7. The number of hydrogen-bond donors (Lipinski definition) is 0. The number of benzene rings is 5. The van der Waals surface area contributed by atoms with Crippen LogP contribution in [0.2, 0.25) is 0 Å². The maximum Gasteiger partial charge on any atom is 0.135 e. The fourth-order valence-electron chi connectivity index (χ4n) is 5.99. The van der Waals surface area contributed by atoms with E-state index in [4.69, 9.17) is 15.2 Å². The first kappa shape index (κ1) is 24.0. The molecule has 0 saturated heterocycles. The summed E-state index contributed by atoms with van der Waals surface area (Å²) in [6.45, 7) is 5.98. The standard InChI is InChI=1S/C39H26N5O.Pt/c1-25-20-38(40-23-26(25)2)44-35-16-7-3-12-30(35)31-19-18-29(22-37(31)44)45-28-11-9-10-27(21-28)42-24-43-36-17-8-5-14-33(36)41-39(43)32-13-4-6-15-34(32)42;/h3-20,23-24H,1-2H3;/q-3;/i3D,7D,12D,16D;. The number of nitrogens with zero attached hydrogens (tertiary/aromatic N) is 5. The molecule has 0 amide bonds. The summed E-state index contributed by atoms with van der Waals surface area (Å²) >= 11 is 0. The van der Waals surface area contributed by atoms with E-state index in [1.54, 1.807) is 16.8 Å². The van der Waals surface area contributed by atoms with Crippen LogP contribution in [-0.2, 0) is 21.1 Å². The van der Waals surface area contributed by atoms with Gasteiger partial charge in [-0.3, -0.25) is 0 Å². The molecule has 0 spiro atoms. The number of aromatic nitrogens is 4. The molecule has 0 N–H and O–H groups in total. The molecular formula is C39H26N5OPt-3. The molecule has 0 saturated carbocycles. The van der Waals surface area contributed by atoms with Crippen LogP contribution in [0, 0.1) is 32.6 Å². The van der Waals surface area contributed by atoms with Crippen LogP contribution in [0.15, 0.2) is 115 Å². The SMILES string of the molecule is [2H]c1c([2H])c([2H])c2c(c1[2H])c1ccc(Oc3[c-]c(N4[CH-]n5c(nc6ccccc65)-c5ccccc54)ccc3)[c-]c1n2-c1cc(C)c(C)cn1.[Pt]. The molecule has 0 bridgehead atoms. The normalized spacial score (nSPS) is 13.3. The van der Waals surface area contributed by atoms with E-state index in [9.17, 15) is 0 Å². The Labute approximate surface area is 286 Å². The smallest absolute Gasteiger partial charge is 0.135 e. The van der Waals surface area contributed by atoms with Gasteiger partial charge in [-0.15, -0.1) is 35.7 Å². The topological polar surface area (TPSA) is 48.1 Å². The van der Waals surface area contributed by atoms with E-state index in [2.05, 4.69) is 44.8 Å². The van der Waals surface area contributed by atoms with Crippen LogP contribution in [0.25, 0.3) is 50.0 Å². The van der Waals surface area contributed by atoms with Crippen molar-refractivity contribution < 1.29 is 31.3 Å². The summed E-state index contributed by atoms with van der Waals surface area (Å²) < 4.78 is 44.6. The molecule has 226 valence electrons. The maximum atomic E-state index is 8.83. The average Bonchev–Trinajstić information content (AvgIpc) is 3.67. The van der Waals surface area contributed by atoms with E-state index in [0.29, 0.717) is 39.1 Å². The van der Waals surface area contributed by atoms with Gasteiger partial charge in [0.25, 0.3) is 0 Å². The summed E-state index contributed by atoms with van der Waals surface area (Å²) in [6, 6.07) is 33.4. The van der Waals surface area contributed by atoms with Crippen molar-refractivity contribution in [2.75, 3.05) is 4.90 Å². The Morgan fingerprint density at radius 2 is 1.63 bits per heavy atom. The van der Waals surface area contributed by atoms with Gasteiger partial charge in [0.05, 0.1) is 5.48 Å². The van der Waals surface area contributed by atoms with Gasteiger partial charge in [0, 0.05) is 61.3 Å². The van der Waals surface area contributed by atoms with Gasteiger partial charge in [0.2, 0.25) is 0 Å². The predicted octanol–water partition coefficient (Wildman–Crippen LogP) is 9.32. The molecular weight excluding hydrogens is 750 g/mol. The zero-order valence-corrected chi connectivity index (χ0v) is 27.0. The summed E-state index contributed by atoms with van der Waals surface area (Å²) in [7, 11) is 0. The Morgan fingerprint density at radius 3 is 2.54 bits per heavy atom. The van der Waals surface area contributed by atoms with Crippen LogP contribution in [0.1, 0.15) is 16.6 Å². The third-order valence-electron chi connectivity index (χ3n) is 8.33. The minimum Gasteiger partial charge on any atom is -0.509 e. The number of anilines is 2. The van der Waals surface area contributed by atoms with Crippen LogP contribution in [0.4, 0.5) is 11.4 Å². The number of ether oxygens (including phenoxy) is 1. The van der Waals surface area contributed by atoms with Crippen molar-refractivity contribution in [3.8, 4) is 28.7 Å². The average molecular weight is 780 g/mol. The molecule has 0 atom stereocenters. The molecule has 1 aliphatic heterocycles. The van der Waals surface area contributed by atoms with Gasteiger partial charge in [-0.1, -0.05) is 65.7 Å². The van der Waals surface area contributed by atoms with Crippen molar-refractivity contribution >= 4 is 44.2 Å². The molecule has 5 aromatic carbocycles. The van der Waals surface area contributed by atoms with E-state index in [0.717, 1.165) is 44.9 Å². The maximum absolute atomic E-state index is 8.83. The number of para-hydroxylation sites is 4. The van der Waals surface area contributed by atoms with Crippen molar-refractivity contribution in [3.63, 3.8) is 0 Å². The van der Waals surface area contributed by atoms with Crippen molar-refractivity contribution in [1.29, 1.82) is 0 Å². The molecule has 0 unspecified atom stereocenters. The van der Waals surface area contributed by atoms with Gasteiger partial charge in [0.15, 0.2) is 0 Å². The number of fused-ring (bicyclic) bond motifs is 8. The second kappa shape index (κ2) is 10.9. The summed E-state index contributed by atoms with van der Waals surface area (Å²) in [5.41, 5.74) is 7.55. The fourth-order valence-corrected chi connectivity index (χ4v) is 5.99. The molecule has 4 heterocycles. The van der Waals surface area contributed by atoms with Gasteiger partial charge in [-0.25, -0.2) is 4.98 Å². The van der Waals surface area contributed by atoms with E-state index in [-0.39, 0.29) is 45.2 Å². The molecule has 0 radical (unpaired) electrons. The predicted molar refractivity (Wildman–Crippen MR) is 179 cm³/mol. The van der Waals surface area contributed by atoms with E-state index < -0.39 is 0 Å². The number of aryl methyl sites for hydroxylation is 2. The minimum absolute atomic E-state index is 0. The summed E-state index contributed by atoms with van der Waals surface area (Å²) in [4.78, 5) is 11.6. The monoisotopic (exact) mass is 779 g/mol. The molecule has 0 fully saturated rings. The van der Waals surface area contributed by atoms with Crippen molar-refractivity contribution in [2.24, 2.45) is 0 Å². The Hall–Kier alpha value is -5.32. The largest absolute Gasteiger partial charge is 0.509 e. The fraction of sp³-hybridized carbons (Fsp3) is 0.0513. The summed E-state index contributed by atoms with van der Waals surface area (Å²) in [5, 5.41) is 1.03. The number of hydrogen-bond acceptors (Lipinski definition) is 4. The third-order valence-corrected chi connectivity index (χ3v) is 8.33. The molecule has 9 rings (SSSR count). The minimum atomic E-state index is -0.305. The number of rotatable bonds is 4. The Kier molecular flexibility index (Phi) is 5.70. The van der Waals surface area contributed by atoms with E-state index in [1.165, 1.54) is 0 Å². The number of imidazole rings is 1. The second-order valence-electron chi connectivity index (χ2n) is 11.1. The molecule has 7 heteroatoms. The van der Waals surface area contributed by atoms with Gasteiger partial charge in [0.1, 0.15) is 5.82 Å². The number of pyridine rings is 1. The Balaban J connectivity index is 0.00000361. The Morgan fingerprint density at radius 1 is 0.804 bits per heavy atom. The first-order chi connectivity index (χ1) is 23.8. The van der Waals surface area contributed by atoms with Crippen LogP contribution in [0.3, 0.4) is 0 Å². The molecule has 0 aliphatic carbocycles. The van der Waals surface area contributed by atoms with Crippen molar-refractivity contribution in [2.45, 2.75) is 13.8 Å². The molecule has 6 nitrogen and oxygen atoms in total. The molecule has 1 aliphatic rings. The van der Waals surface area contributed by atoms with Gasteiger partial charge in [-0.05, 0) is 72.4 Å². The Bertz CT molecular complexity index is 2670. The van der Waals surface area contributed by atoms with Crippen LogP contribution in [0.5, 0.6) is 11.5 Å². The third kappa shape index (κ3) is 4.40. The molecule has 46 heavy (non-hydrogen) atoms. The van der Waals surface area contributed by atoms with Crippen LogP contribution in [-0.4, -0.2) is 19.1 Å². The first-order valence-electron chi connectivity index (χ1n) is 16.6.